The zero-order chi connectivity index (χ0) is 17.0. The van der Waals surface area contributed by atoms with Crippen molar-refractivity contribution >= 4 is 5.91 Å². The van der Waals surface area contributed by atoms with Gasteiger partial charge in [-0.2, -0.15) is 4.98 Å². The van der Waals surface area contributed by atoms with Crippen molar-refractivity contribution in [3.63, 3.8) is 0 Å². The first kappa shape index (κ1) is 16.6. The molecule has 6 heteroatoms. The monoisotopic (exact) mass is 328 g/mol. The van der Waals surface area contributed by atoms with E-state index in [1.807, 2.05) is 44.2 Å². The fourth-order valence-electron chi connectivity index (χ4n) is 3.25. The van der Waals surface area contributed by atoms with Crippen LogP contribution in [-0.2, 0) is 11.3 Å². The topological polar surface area (TPSA) is 71.3 Å². The van der Waals surface area contributed by atoms with Gasteiger partial charge in [-0.3, -0.25) is 9.69 Å². The summed E-state index contributed by atoms with van der Waals surface area (Å²) in [5, 5.41) is 7.04. The van der Waals surface area contributed by atoms with Crippen LogP contribution in [0.5, 0.6) is 0 Å². The summed E-state index contributed by atoms with van der Waals surface area (Å²) in [7, 11) is 0. The van der Waals surface area contributed by atoms with Crippen molar-refractivity contribution in [1.29, 1.82) is 0 Å². The lowest BCUT2D eigenvalue weighted by Gasteiger charge is -2.38. The SMILES string of the molecule is CCNC(=O)C1(C)CCCN(Cc2noc(-c3ccccc3)n2)C1. The molecule has 1 aromatic heterocycles. The maximum Gasteiger partial charge on any atom is 0.257 e. The summed E-state index contributed by atoms with van der Waals surface area (Å²) in [4.78, 5) is 19.0. The first-order valence-corrected chi connectivity index (χ1v) is 8.49. The van der Waals surface area contributed by atoms with E-state index >= 15 is 0 Å². The summed E-state index contributed by atoms with van der Waals surface area (Å²) in [6.45, 7) is 6.92. The van der Waals surface area contributed by atoms with Crippen molar-refractivity contribution in [2.45, 2.75) is 33.2 Å². The molecule has 0 spiro atoms. The number of amides is 1. The molecule has 0 aliphatic carbocycles. The molecule has 1 aliphatic rings. The van der Waals surface area contributed by atoms with E-state index in [4.69, 9.17) is 4.52 Å². The van der Waals surface area contributed by atoms with E-state index < -0.39 is 0 Å². The highest BCUT2D eigenvalue weighted by Crippen LogP contribution is 2.30. The molecular formula is C18H24N4O2. The molecule has 2 heterocycles. The number of benzene rings is 1. The van der Waals surface area contributed by atoms with Crippen LogP contribution in [0.2, 0.25) is 0 Å². The Morgan fingerprint density at radius 1 is 1.38 bits per heavy atom. The van der Waals surface area contributed by atoms with Gasteiger partial charge >= 0.3 is 0 Å². The zero-order valence-corrected chi connectivity index (χ0v) is 14.3. The lowest BCUT2D eigenvalue weighted by atomic mass is 9.81. The van der Waals surface area contributed by atoms with Crippen LogP contribution in [-0.4, -0.2) is 40.6 Å². The average Bonchev–Trinajstić information content (AvgIpc) is 3.04. The summed E-state index contributed by atoms with van der Waals surface area (Å²) in [5.41, 5.74) is 0.572. The van der Waals surface area contributed by atoms with Crippen LogP contribution in [0, 0.1) is 5.41 Å². The van der Waals surface area contributed by atoms with Gasteiger partial charge < -0.3 is 9.84 Å². The van der Waals surface area contributed by atoms with Crippen LogP contribution in [0.1, 0.15) is 32.5 Å². The van der Waals surface area contributed by atoms with Crippen molar-refractivity contribution in [3.8, 4) is 11.5 Å². The molecule has 2 aromatic rings. The minimum Gasteiger partial charge on any atom is -0.356 e. The van der Waals surface area contributed by atoms with Crippen LogP contribution >= 0.6 is 0 Å². The van der Waals surface area contributed by atoms with Gasteiger partial charge in [-0.1, -0.05) is 23.4 Å². The molecule has 0 saturated carbocycles. The first-order valence-electron chi connectivity index (χ1n) is 8.49. The highest BCUT2D eigenvalue weighted by Gasteiger charge is 2.37. The Labute approximate surface area is 142 Å². The Hall–Kier alpha value is -2.21. The minimum atomic E-state index is -0.347. The Balaban J connectivity index is 1.66. The van der Waals surface area contributed by atoms with Crippen molar-refractivity contribution in [3.05, 3.63) is 36.2 Å². The second kappa shape index (κ2) is 7.13. The van der Waals surface area contributed by atoms with E-state index in [1.165, 1.54) is 0 Å². The molecule has 1 amide bonds. The van der Waals surface area contributed by atoms with Crippen molar-refractivity contribution < 1.29 is 9.32 Å². The molecule has 1 aromatic carbocycles. The van der Waals surface area contributed by atoms with Gasteiger partial charge in [0.2, 0.25) is 5.91 Å². The quantitative estimate of drug-likeness (QED) is 0.913. The van der Waals surface area contributed by atoms with E-state index in [1.54, 1.807) is 0 Å². The summed E-state index contributed by atoms with van der Waals surface area (Å²) in [6.07, 6.45) is 1.91. The van der Waals surface area contributed by atoms with E-state index in [0.29, 0.717) is 31.3 Å². The normalized spacial score (nSPS) is 21.6. The number of carbonyl (C=O) groups is 1. The lowest BCUT2D eigenvalue weighted by molar-refractivity contribution is -0.133. The maximum absolute atomic E-state index is 12.3. The number of likely N-dealkylation sites (tertiary alicyclic amines) is 1. The third-order valence-corrected chi connectivity index (χ3v) is 4.51. The number of hydrogen-bond donors (Lipinski definition) is 1. The predicted molar refractivity (Wildman–Crippen MR) is 91.0 cm³/mol. The Morgan fingerprint density at radius 2 is 2.17 bits per heavy atom. The van der Waals surface area contributed by atoms with Gasteiger partial charge in [0.1, 0.15) is 0 Å². The van der Waals surface area contributed by atoms with Gasteiger partial charge in [-0.25, -0.2) is 0 Å². The number of rotatable bonds is 5. The van der Waals surface area contributed by atoms with Gasteiger partial charge in [0.05, 0.1) is 12.0 Å². The average molecular weight is 328 g/mol. The van der Waals surface area contributed by atoms with Gasteiger partial charge in [0, 0.05) is 18.7 Å². The number of hydrogen-bond acceptors (Lipinski definition) is 5. The number of carbonyl (C=O) groups excluding carboxylic acids is 1. The number of nitrogens with one attached hydrogen (secondary N) is 1. The minimum absolute atomic E-state index is 0.132. The van der Waals surface area contributed by atoms with Crippen molar-refractivity contribution in [1.82, 2.24) is 20.4 Å². The number of nitrogens with zero attached hydrogens (tertiary/aromatic N) is 3. The van der Waals surface area contributed by atoms with Crippen LogP contribution < -0.4 is 5.32 Å². The lowest BCUT2D eigenvalue weighted by Crippen LogP contribution is -2.50. The molecule has 0 radical (unpaired) electrons. The van der Waals surface area contributed by atoms with Gasteiger partial charge in [-0.05, 0) is 45.4 Å². The third-order valence-electron chi connectivity index (χ3n) is 4.51. The fourth-order valence-corrected chi connectivity index (χ4v) is 3.25. The zero-order valence-electron chi connectivity index (χ0n) is 14.3. The molecule has 1 atom stereocenters. The molecule has 6 nitrogen and oxygen atoms in total. The van der Waals surface area contributed by atoms with E-state index in [-0.39, 0.29) is 11.3 Å². The largest absolute Gasteiger partial charge is 0.356 e. The Bertz CT molecular complexity index is 685. The van der Waals surface area contributed by atoms with Gasteiger partial charge in [-0.15, -0.1) is 0 Å². The van der Waals surface area contributed by atoms with Gasteiger partial charge in [0.15, 0.2) is 5.82 Å². The van der Waals surface area contributed by atoms with E-state index in [2.05, 4.69) is 20.4 Å². The maximum atomic E-state index is 12.3. The van der Waals surface area contributed by atoms with E-state index in [0.717, 1.165) is 24.9 Å². The van der Waals surface area contributed by atoms with Crippen LogP contribution in [0.25, 0.3) is 11.5 Å². The molecule has 1 saturated heterocycles. The van der Waals surface area contributed by atoms with E-state index in [9.17, 15) is 4.79 Å². The summed E-state index contributed by atoms with van der Waals surface area (Å²) in [5.74, 6) is 1.33. The molecule has 1 unspecified atom stereocenters. The molecule has 24 heavy (non-hydrogen) atoms. The highest BCUT2D eigenvalue weighted by molar-refractivity contribution is 5.82. The van der Waals surface area contributed by atoms with Crippen molar-refractivity contribution in [2.75, 3.05) is 19.6 Å². The fraction of sp³-hybridized carbons (Fsp3) is 0.500. The van der Waals surface area contributed by atoms with Gasteiger partial charge in [0.25, 0.3) is 5.89 Å². The van der Waals surface area contributed by atoms with Crippen LogP contribution in [0.15, 0.2) is 34.9 Å². The highest BCUT2D eigenvalue weighted by atomic mass is 16.5. The number of aromatic nitrogens is 2. The molecule has 128 valence electrons. The van der Waals surface area contributed by atoms with Crippen LogP contribution in [0.3, 0.4) is 0 Å². The molecular weight excluding hydrogens is 304 g/mol. The van der Waals surface area contributed by atoms with Crippen molar-refractivity contribution in [2.24, 2.45) is 5.41 Å². The molecule has 1 aliphatic heterocycles. The third kappa shape index (κ3) is 3.64. The second-order valence-electron chi connectivity index (χ2n) is 6.62. The Kier molecular flexibility index (Phi) is 4.94. The summed E-state index contributed by atoms with van der Waals surface area (Å²) >= 11 is 0. The second-order valence-corrected chi connectivity index (χ2v) is 6.62. The summed E-state index contributed by atoms with van der Waals surface area (Å²) < 4.78 is 5.36. The standard InChI is InChI=1S/C18H24N4O2/c1-3-19-17(23)18(2)10-7-11-22(13-18)12-15-20-16(24-21-15)14-8-5-4-6-9-14/h4-6,8-9H,3,7,10-13H2,1-2H3,(H,19,23). The molecule has 1 fully saturated rings. The summed E-state index contributed by atoms with van der Waals surface area (Å²) in [6, 6.07) is 9.74. The van der Waals surface area contributed by atoms with Crippen LogP contribution in [0.4, 0.5) is 0 Å². The number of piperidine rings is 1. The smallest absolute Gasteiger partial charge is 0.257 e. The molecule has 3 rings (SSSR count). The molecule has 1 N–H and O–H groups in total. The molecule has 0 bridgehead atoms. The Morgan fingerprint density at radius 3 is 2.92 bits per heavy atom. The first-order chi connectivity index (χ1) is 11.6. The predicted octanol–water partition coefficient (Wildman–Crippen LogP) is 2.47.